The fourth-order valence-electron chi connectivity index (χ4n) is 8.74. The normalized spacial score (nSPS) is 25.8. The number of hydrogen-bond donors (Lipinski definition) is 0. The van der Waals surface area contributed by atoms with Gasteiger partial charge in [0.25, 0.3) is 0 Å². The van der Waals surface area contributed by atoms with Gasteiger partial charge in [0.2, 0.25) is 0 Å². The van der Waals surface area contributed by atoms with Crippen molar-refractivity contribution in [3.63, 3.8) is 0 Å². The average Bonchev–Trinajstić information content (AvgIpc) is 3.03. The van der Waals surface area contributed by atoms with Crippen LogP contribution in [0.4, 0.5) is 0 Å². The second-order valence-electron chi connectivity index (χ2n) is 14.7. The molecule has 238 valence electrons. The molecular weight excluding hydrogens is 504 g/mol. The Morgan fingerprint density at radius 3 is 0.667 bits per heavy atom. The van der Waals surface area contributed by atoms with Crippen molar-refractivity contribution < 1.29 is 0 Å². The van der Waals surface area contributed by atoms with E-state index in [1.165, 1.54) is 205 Å². The molecule has 42 heavy (non-hydrogen) atoms. The smallest absolute Gasteiger partial charge is 0.0110 e. The third-order valence-electron chi connectivity index (χ3n) is 11.2. The van der Waals surface area contributed by atoms with Crippen LogP contribution in [0.25, 0.3) is 0 Å². The molecule has 0 unspecified atom stereocenters. The second kappa shape index (κ2) is 21.6. The molecule has 0 spiro atoms. The van der Waals surface area contributed by atoms with Gasteiger partial charge in [-0.2, -0.15) is 0 Å². The van der Waals surface area contributed by atoms with Crippen LogP contribution in [0.5, 0.6) is 0 Å². The molecule has 4 aliphatic rings. The minimum atomic E-state index is 0.646. The Morgan fingerprint density at radius 2 is 0.429 bits per heavy atom. The number of allylic oxidation sites excluding steroid dienone is 8. The zero-order valence-corrected chi connectivity index (χ0v) is 28.1. The van der Waals surface area contributed by atoms with E-state index in [-0.39, 0.29) is 0 Å². The third-order valence-corrected chi connectivity index (χ3v) is 11.2. The van der Waals surface area contributed by atoms with Gasteiger partial charge >= 0.3 is 0 Å². The van der Waals surface area contributed by atoms with Gasteiger partial charge in [-0.3, -0.25) is 0 Å². The van der Waals surface area contributed by atoms with Crippen molar-refractivity contribution in [3.8, 4) is 0 Å². The molecule has 0 saturated heterocycles. The maximum Gasteiger partial charge on any atom is 0.0110 e. The van der Waals surface area contributed by atoms with Crippen molar-refractivity contribution in [3.05, 3.63) is 46.6 Å². The maximum absolute atomic E-state index is 2.82. The highest BCUT2D eigenvalue weighted by Crippen LogP contribution is 2.46. The quantitative estimate of drug-likeness (QED) is 0.286. The van der Waals surface area contributed by atoms with E-state index in [1.807, 2.05) is 22.3 Å². The summed E-state index contributed by atoms with van der Waals surface area (Å²) in [7, 11) is 0. The molecule has 0 heterocycles. The monoisotopic (exact) mass is 575 g/mol. The maximum atomic E-state index is 2.82. The summed E-state index contributed by atoms with van der Waals surface area (Å²) in [5, 5.41) is 0. The van der Waals surface area contributed by atoms with Crippen LogP contribution in [-0.2, 0) is 0 Å². The molecule has 4 aliphatic carbocycles. The molecule has 0 bridgehead atoms. The van der Waals surface area contributed by atoms with Gasteiger partial charge in [-0.15, -0.1) is 0 Å². The van der Waals surface area contributed by atoms with E-state index in [4.69, 9.17) is 0 Å². The Kier molecular flexibility index (Phi) is 17.4. The molecule has 0 atom stereocenters. The van der Waals surface area contributed by atoms with Gasteiger partial charge in [0, 0.05) is 11.8 Å². The summed E-state index contributed by atoms with van der Waals surface area (Å²) in [4.78, 5) is 0. The highest BCUT2D eigenvalue weighted by atomic mass is 14.4. The predicted octanol–water partition coefficient (Wildman–Crippen LogP) is 14.5. The second-order valence-corrected chi connectivity index (χ2v) is 14.7. The first-order valence-electron chi connectivity index (χ1n) is 19.7. The molecule has 0 aromatic carbocycles. The van der Waals surface area contributed by atoms with Gasteiger partial charge in [-0.25, -0.2) is 0 Å². The van der Waals surface area contributed by atoms with Crippen LogP contribution < -0.4 is 0 Å². The van der Waals surface area contributed by atoms with E-state index in [0.29, 0.717) is 11.8 Å². The summed E-state index contributed by atoms with van der Waals surface area (Å²) in [6.07, 6.45) is 56.5. The van der Waals surface area contributed by atoms with Crippen LogP contribution in [-0.4, -0.2) is 0 Å². The van der Waals surface area contributed by atoms with Gasteiger partial charge in [-0.1, -0.05) is 149 Å². The highest BCUT2D eigenvalue weighted by Gasteiger charge is 2.33. The van der Waals surface area contributed by atoms with Crippen LogP contribution >= 0.6 is 0 Å². The van der Waals surface area contributed by atoms with Crippen molar-refractivity contribution >= 4 is 0 Å². The Balaban J connectivity index is 1.80. The molecular formula is C42H70. The molecule has 0 aromatic heterocycles. The van der Waals surface area contributed by atoms with Crippen molar-refractivity contribution in [1.82, 2.24) is 0 Å². The van der Waals surface area contributed by atoms with E-state index < -0.39 is 0 Å². The van der Waals surface area contributed by atoms with Crippen LogP contribution in [0.2, 0.25) is 0 Å². The molecule has 0 heteroatoms. The van der Waals surface area contributed by atoms with E-state index in [1.54, 1.807) is 0 Å². The Morgan fingerprint density at radius 1 is 0.238 bits per heavy atom. The number of hydrogen-bond acceptors (Lipinski definition) is 0. The Hall–Kier alpha value is -1.04. The summed E-state index contributed by atoms with van der Waals surface area (Å²) in [5.41, 5.74) is 7.50. The van der Waals surface area contributed by atoms with Crippen LogP contribution in [0.1, 0.15) is 205 Å². The molecule has 0 radical (unpaired) electrons. The van der Waals surface area contributed by atoms with Gasteiger partial charge in [-0.05, 0) is 103 Å². The summed E-state index contributed by atoms with van der Waals surface area (Å²) in [5.74, 6) is 1.29. The first-order valence-corrected chi connectivity index (χ1v) is 19.7. The zero-order chi connectivity index (χ0) is 28.9. The van der Waals surface area contributed by atoms with Crippen LogP contribution in [0, 0.1) is 11.8 Å². The minimum Gasteiger partial charge on any atom is -0.0847 e. The fourth-order valence-corrected chi connectivity index (χ4v) is 8.74. The lowest BCUT2D eigenvalue weighted by Gasteiger charge is -2.37. The van der Waals surface area contributed by atoms with Crippen molar-refractivity contribution in [2.24, 2.45) is 11.8 Å². The van der Waals surface area contributed by atoms with Gasteiger partial charge in [0.1, 0.15) is 0 Å². The minimum absolute atomic E-state index is 0.646. The molecule has 0 aromatic rings. The lowest BCUT2D eigenvalue weighted by molar-refractivity contribution is 0.448. The zero-order valence-electron chi connectivity index (χ0n) is 28.1. The average molecular weight is 575 g/mol. The summed E-state index contributed by atoms with van der Waals surface area (Å²) >= 11 is 0. The molecule has 0 fully saturated rings. The van der Waals surface area contributed by atoms with E-state index in [0.717, 1.165) is 0 Å². The Bertz CT molecular complexity index is 696. The van der Waals surface area contributed by atoms with Crippen LogP contribution in [0.3, 0.4) is 0 Å². The SMILES string of the molecule is C1=C(C(C2=CCCCCCCCC2)C(C2=CCCCCCCCC2)C2=CCCCCCCCC2)CCCCCCCC1. The fraction of sp³-hybridized carbons (Fsp3) is 0.810. The summed E-state index contributed by atoms with van der Waals surface area (Å²) in [6, 6.07) is 0. The predicted molar refractivity (Wildman–Crippen MR) is 187 cm³/mol. The van der Waals surface area contributed by atoms with Crippen LogP contribution in [0.15, 0.2) is 46.6 Å². The summed E-state index contributed by atoms with van der Waals surface area (Å²) in [6.45, 7) is 0. The van der Waals surface area contributed by atoms with Crippen molar-refractivity contribution in [2.45, 2.75) is 205 Å². The standard InChI is InChI=1S/C42H70/c1-5-13-21-29-37(30-22-14-6-1)41(38-31-23-15-7-2-8-16-24-32-38)42(39-33-25-17-9-3-10-18-26-34-39)40-35-27-19-11-4-12-20-28-36-40/h29,31,33,35,41-42H,1-28,30,32,34,36H2. The van der Waals surface area contributed by atoms with Crippen molar-refractivity contribution in [1.29, 1.82) is 0 Å². The first-order chi connectivity index (χ1) is 20.9. The lowest BCUT2D eigenvalue weighted by Crippen LogP contribution is -2.25. The third kappa shape index (κ3) is 12.5. The Labute approximate surface area is 263 Å². The summed E-state index contributed by atoms with van der Waals surface area (Å²) < 4.78 is 0. The van der Waals surface area contributed by atoms with Gasteiger partial charge in [0.15, 0.2) is 0 Å². The van der Waals surface area contributed by atoms with E-state index >= 15 is 0 Å². The molecule has 0 amide bonds. The highest BCUT2D eigenvalue weighted by molar-refractivity contribution is 5.35. The van der Waals surface area contributed by atoms with Crippen molar-refractivity contribution in [2.75, 3.05) is 0 Å². The molecule has 0 aliphatic heterocycles. The topological polar surface area (TPSA) is 0 Å². The molecule has 4 rings (SSSR count). The molecule has 0 nitrogen and oxygen atoms in total. The van der Waals surface area contributed by atoms with Gasteiger partial charge < -0.3 is 0 Å². The van der Waals surface area contributed by atoms with E-state index in [2.05, 4.69) is 24.3 Å². The van der Waals surface area contributed by atoms with Gasteiger partial charge in [0.05, 0.1) is 0 Å². The lowest BCUT2D eigenvalue weighted by atomic mass is 9.67. The molecule has 0 saturated carbocycles. The number of rotatable bonds is 5. The molecule has 0 N–H and O–H groups in total. The first kappa shape index (κ1) is 33.8. The largest absolute Gasteiger partial charge is 0.0847 e. The van der Waals surface area contributed by atoms with E-state index in [9.17, 15) is 0 Å².